The number of thiol groups is 1. The van der Waals surface area contributed by atoms with Gasteiger partial charge in [-0.3, -0.25) is 4.79 Å². The van der Waals surface area contributed by atoms with E-state index >= 15 is 0 Å². The van der Waals surface area contributed by atoms with Crippen molar-refractivity contribution in [2.45, 2.75) is 11.3 Å². The molecule has 2 aromatic rings. The topological polar surface area (TPSA) is 38.3 Å². The maximum absolute atomic E-state index is 12.1. The third-order valence-electron chi connectivity index (χ3n) is 2.67. The Morgan fingerprint density at radius 2 is 1.87 bits per heavy atom. The first-order chi connectivity index (χ1) is 10.9. The lowest BCUT2D eigenvalue weighted by Crippen LogP contribution is -2.16. The van der Waals surface area contributed by atoms with Crippen LogP contribution in [-0.4, -0.2) is 17.9 Å². The molecule has 122 valence electrons. The van der Waals surface area contributed by atoms with E-state index in [2.05, 4.69) is 22.1 Å². The number of anilines is 1. The molecule has 0 atom stereocenters. The van der Waals surface area contributed by atoms with Crippen molar-refractivity contribution >= 4 is 36.0 Å². The van der Waals surface area contributed by atoms with Gasteiger partial charge in [0.25, 0.3) is 0 Å². The summed E-state index contributed by atoms with van der Waals surface area (Å²) in [4.78, 5) is 12.3. The number of nitrogens with one attached hydrogen (secondary N) is 1. The van der Waals surface area contributed by atoms with Crippen molar-refractivity contribution < 1.29 is 22.7 Å². The minimum absolute atomic E-state index is 0.0874. The normalized spacial score (nSPS) is 11.1. The second-order valence-electron chi connectivity index (χ2n) is 4.39. The Balaban J connectivity index is 1.97. The van der Waals surface area contributed by atoms with Gasteiger partial charge in [-0.1, -0.05) is 12.1 Å². The molecule has 0 radical (unpaired) electrons. The van der Waals surface area contributed by atoms with Crippen molar-refractivity contribution in [3.8, 4) is 5.75 Å². The molecule has 1 N–H and O–H groups in total. The quantitative estimate of drug-likeness (QED) is 0.441. The third-order valence-corrected chi connectivity index (χ3v) is 3.81. The summed E-state index contributed by atoms with van der Waals surface area (Å²) in [7, 11) is 0. The van der Waals surface area contributed by atoms with Gasteiger partial charge in [0.05, 0.1) is 5.75 Å². The molecule has 0 spiro atoms. The van der Waals surface area contributed by atoms with Crippen LogP contribution in [0.2, 0.25) is 0 Å². The van der Waals surface area contributed by atoms with Crippen molar-refractivity contribution in [1.82, 2.24) is 0 Å². The second-order valence-corrected chi connectivity index (χ2v) is 5.58. The zero-order chi connectivity index (χ0) is 16.9. The summed E-state index contributed by atoms with van der Waals surface area (Å²) in [6, 6.07) is 12.4. The number of benzene rings is 2. The maximum atomic E-state index is 12.1. The van der Waals surface area contributed by atoms with E-state index in [0.717, 1.165) is 0 Å². The van der Waals surface area contributed by atoms with Crippen molar-refractivity contribution in [3.63, 3.8) is 0 Å². The number of carbonyl (C=O) groups excluding carboxylic acids is 1. The summed E-state index contributed by atoms with van der Waals surface area (Å²) in [5.74, 6) is -0.240. The Labute approximate surface area is 140 Å². The molecule has 0 saturated carbocycles. The van der Waals surface area contributed by atoms with Crippen LogP contribution < -0.4 is 9.46 Å². The van der Waals surface area contributed by atoms with Crippen LogP contribution in [0.4, 0.5) is 18.9 Å². The molecule has 0 aliphatic rings. The molecule has 0 aromatic heterocycles. The molecular weight excluding hydrogens is 347 g/mol. The van der Waals surface area contributed by atoms with Crippen LogP contribution in [0.1, 0.15) is 10.4 Å². The van der Waals surface area contributed by atoms with E-state index in [1.807, 2.05) is 0 Å². The van der Waals surface area contributed by atoms with E-state index in [1.54, 1.807) is 24.3 Å². The molecule has 0 unspecified atom stereocenters. The Morgan fingerprint density at radius 3 is 2.48 bits per heavy atom. The molecule has 0 amide bonds. The SMILES string of the molecule is O=C(CS)c1cccc(NSc2ccc(OC(F)(F)F)cc2)c1. The van der Waals surface area contributed by atoms with Crippen LogP contribution in [0.3, 0.4) is 0 Å². The van der Waals surface area contributed by atoms with E-state index in [9.17, 15) is 18.0 Å². The Bertz CT molecular complexity index is 675. The zero-order valence-corrected chi connectivity index (χ0v) is 13.3. The van der Waals surface area contributed by atoms with Gasteiger partial charge in [-0.25, -0.2) is 0 Å². The number of Topliss-reactive ketones (excluding diaryl/α,β-unsaturated/α-hetero) is 1. The largest absolute Gasteiger partial charge is 0.573 e. The highest BCUT2D eigenvalue weighted by molar-refractivity contribution is 8.00. The third kappa shape index (κ3) is 5.72. The minimum Gasteiger partial charge on any atom is -0.406 e. The molecule has 0 aliphatic heterocycles. The fourth-order valence-corrected chi connectivity index (χ4v) is 2.49. The fraction of sp³-hybridized carbons (Fsp3) is 0.133. The first kappa shape index (κ1) is 17.6. The summed E-state index contributed by atoms with van der Waals surface area (Å²) in [6.07, 6.45) is -4.70. The molecule has 8 heteroatoms. The Kier molecular flexibility index (Phi) is 5.84. The van der Waals surface area contributed by atoms with Gasteiger partial charge in [-0.15, -0.1) is 13.2 Å². The predicted octanol–water partition coefficient (Wildman–Crippen LogP) is 4.82. The smallest absolute Gasteiger partial charge is 0.406 e. The monoisotopic (exact) mass is 359 g/mol. The number of rotatable bonds is 6. The van der Waals surface area contributed by atoms with Crippen molar-refractivity contribution in [2.24, 2.45) is 0 Å². The van der Waals surface area contributed by atoms with Crippen LogP contribution in [0, 0.1) is 0 Å². The van der Waals surface area contributed by atoms with Crippen LogP contribution in [0.15, 0.2) is 53.4 Å². The highest BCUT2D eigenvalue weighted by Gasteiger charge is 2.30. The van der Waals surface area contributed by atoms with Gasteiger partial charge in [0, 0.05) is 16.1 Å². The Hall–Kier alpha value is -1.80. The molecule has 0 bridgehead atoms. The highest BCUT2D eigenvalue weighted by atomic mass is 32.2. The van der Waals surface area contributed by atoms with Gasteiger partial charge < -0.3 is 9.46 Å². The lowest BCUT2D eigenvalue weighted by atomic mass is 10.1. The van der Waals surface area contributed by atoms with E-state index in [4.69, 9.17) is 0 Å². The van der Waals surface area contributed by atoms with Gasteiger partial charge in [-0.2, -0.15) is 12.6 Å². The van der Waals surface area contributed by atoms with Gasteiger partial charge in [-0.05, 0) is 48.3 Å². The maximum Gasteiger partial charge on any atom is 0.573 e. The fourth-order valence-electron chi connectivity index (χ4n) is 1.67. The average molecular weight is 359 g/mol. The molecule has 2 aromatic carbocycles. The van der Waals surface area contributed by atoms with Crippen LogP contribution in [0.25, 0.3) is 0 Å². The molecule has 2 rings (SSSR count). The standard InChI is InChI=1S/C15H12F3NO2S2/c16-15(17,18)21-12-4-6-13(7-5-12)23-19-11-3-1-2-10(8-11)14(20)9-22/h1-8,19,22H,9H2. The first-order valence-corrected chi connectivity index (χ1v) is 7.85. The van der Waals surface area contributed by atoms with E-state index in [0.29, 0.717) is 16.1 Å². The predicted molar refractivity (Wildman–Crippen MR) is 87.2 cm³/mol. The second kappa shape index (κ2) is 7.65. The van der Waals surface area contributed by atoms with E-state index in [1.165, 1.54) is 36.2 Å². The Morgan fingerprint density at radius 1 is 1.17 bits per heavy atom. The lowest BCUT2D eigenvalue weighted by Gasteiger charge is -2.10. The molecule has 23 heavy (non-hydrogen) atoms. The number of carbonyl (C=O) groups is 1. The number of ether oxygens (including phenoxy) is 1. The zero-order valence-electron chi connectivity index (χ0n) is 11.6. The van der Waals surface area contributed by atoms with Gasteiger partial charge in [0.2, 0.25) is 0 Å². The van der Waals surface area contributed by atoms with Crippen LogP contribution in [0.5, 0.6) is 5.75 Å². The van der Waals surface area contributed by atoms with Crippen molar-refractivity contribution in [3.05, 3.63) is 54.1 Å². The van der Waals surface area contributed by atoms with Crippen molar-refractivity contribution in [1.29, 1.82) is 0 Å². The number of ketones is 1. The van der Waals surface area contributed by atoms with Crippen LogP contribution in [-0.2, 0) is 0 Å². The summed E-state index contributed by atoms with van der Waals surface area (Å²) < 4.78 is 43.0. The molecule has 0 saturated heterocycles. The van der Waals surface area contributed by atoms with Gasteiger partial charge >= 0.3 is 6.36 Å². The first-order valence-electron chi connectivity index (χ1n) is 6.40. The number of hydrogen-bond acceptors (Lipinski definition) is 5. The van der Waals surface area contributed by atoms with E-state index < -0.39 is 6.36 Å². The summed E-state index contributed by atoms with van der Waals surface area (Å²) in [5.41, 5.74) is 1.25. The number of halogens is 3. The number of alkyl halides is 3. The summed E-state index contributed by atoms with van der Waals surface area (Å²) in [6.45, 7) is 0. The number of hydrogen-bond donors (Lipinski definition) is 2. The molecule has 0 fully saturated rings. The molecule has 3 nitrogen and oxygen atoms in total. The summed E-state index contributed by atoms with van der Waals surface area (Å²) >= 11 is 5.15. The van der Waals surface area contributed by atoms with E-state index in [-0.39, 0.29) is 17.3 Å². The molecule has 0 heterocycles. The van der Waals surface area contributed by atoms with Gasteiger partial charge in [0.1, 0.15) is 5.75 Å². The molecule has 0 aliphatic carbocycles. The highest BCUT2D eigenvalue weighted by Crippen LogP contribution is 2.27. The average Bonchev–Trinajstić information content (AvgIpc) is 2.52. The van der Waals surface area contributed by atoms with Crippen LogP contribution >= 0.6 is 24.6 Å². The molecular formula is C15H12F3NO2S2. The summed E-state index contributed by atoms with van der Waals surface area (Å²) in [5, 5.41) is 0. The lowest BCUT2D eigenvalue weighted by molar-refractivity contribution is -0.274. The van der Waals surface area contributed by atoms with Gasteiger partial charge in [0.15, 0.2) is 5.78 Å². The minimum atomic E-state index is -4.70. The van der Waals surface area contributed by atoms with Crippen molar-refractivity contribution in [2.75, 3.05) is 10.5 Å².